The topological polar surface area (TPSA) is 52.7 Å². The van der Waals surface area contributed by atoms with E-state index >= 15 is 0 Å². The van der Waals surface area contributed by atoms with Crippen LogP contribution in [-0.2, 0) is 16.1 Å². The molecule has 5 nitrogen and oxygen atoms in total. The number of carbonyl (C=O) groups excluding carboxylic acids is 2. The highest BCUT2D eigenvalue weighted by molar-refractivity contribution is 6.02. The molecule has 0 bridgehead atoms. The number of nitrogens with zero attached hydrogens (tertiary/aromatic N) is 2. The maximum atomic E-state index is 12.5. The first kappa shape index (κ1) is 19.6. The highest BCUT2D eigenvalue weighted by Gasteiger charge is 2.38. The van der Waals surface area contributed by atoms with Crippen molar-refractivity contribution < 1.29 is 9.59 Å². The molecule has 1 heterocycles. The number of rotatable bonds is 8. The van der Waals surface area contributed by atoms with Crippen LogP contribution in [0.4, 0.5) is 0 Å². The van der Waals surface area contributed by atoms with Gasteiger partial charge in [0.25, 0.3) is 5.91 Å². The zero-order valence-corrected chi connectivity index (χ0v) is 16.5. The Hall–Kier alpha value is -2.14. The van der Waals surface area contributed by atoms with Crippen LogP contribution in [0.3, 0.4) is 0 Å². The van der Waals surface area contributed by atoms with Crippen molar-refractivity contribution in [3.05, 3.63) is 47.0 Å². The highest BCUT2D eigenvalue weighted by Crippen LogP contribution is 2.36. The number of amides is 2. The van der Waals surface area contributed by atoms with Gasteiger partial charge in [-0.1, -0.05) is 43.7 Å². The fraction of sp³-hybridized carbons (Fsp3) is 0.545. The van der Waals surface area contributed by atoms with Gasteiger partial charge in [0.15, 0.2) is 0 Å². The molecule has 1 atom stereocenters. The molecule has 1 fully saturated rings. The summed E-state index contributed by atoms with van der Waals surface area (Å²) in [6.07, 6.45) is 4.51. The van der Waals surface area contributed by atoms with Crippen molar-refractivity contribution in [2.75, 3.05) is 26.7 Å². The maximum absolute atomic E-state index is 12.5. The molecule has 146 valence electrons. The maximum Gasteiger partial charge on any atom is 0.250 e. The summed E-state index contributed by atoms with van der Waals surface area (Å²) in [5.74, 6) is 0.00699. The third-order valence-electron chi connectivity index (χ3n) is 5.79. The van der Waals surface area contributed by atoms with Crippen LogP contribution in [0.25, 0.3) is 0 Å². The quantitative estimate of drug-likeness (QED) is 0.767. The largest absolute Gasteiger partial charge is 0.355 e. The molecule has 1 aromatic carbocycles. The van der Waals surface area contributed by atoms with Gasteiger partial charge in [0.1, 0.15) is 0 Å². The van der Waals surface area contributed by atoms with Gasteiger partial charge >= 0.3 is 0 Å². The molecule has 0 aromatic heterocycles. The highest BCUT2D eigenvalue weighted by atomic mass is 16.2. The van der Waals surface area contributed by atoms with E-state index in [-0.39, 0.29) is 24.3 Å². The number of benzene rings is 1. The van der Waals surface area contributed by atoms with Gasteiger partial charge in [-0.25, -0.2) is 0 Å². The molecule has 1 aromatic rings. The van der Waals surface area contributed by atoms with E-state index in [0.29, 0.717) is 6.54 Å². The number of carbonyl (C=O) groups is 2. The third-order valence-corrected chi connectivity index (χ3v) is 5.79. The Morgan fingerprint density at radius 3 is 2.78 bits per heavy atom. The van der Waals surface area contributed by atoms with E-state index in [1.807, 2.05) is 30.1 Å². The molecule has 0 radical (unpaired) electrons. The molecule has 2 amide bonds. The Labute approximate surface area is 162 Å². The number of fused-ring (bicyclic) bond motifs is 1. The van der Waals surface area contributed by atoms with Gasteiger partial charge in [-0.15, -0.1) is 0 Å². The summed E-state index contributed by atoms with van der Waals surface area (Å²) in [6, 6.07) is 10.6. The van der Waals surface area contributed by atoms with E-state index in [1.54, 1.807) is 0 Å². The van der Waals surface area contributed by atoms with Crippen LogP contribution in [0.1, 0.15) is 44.6 Å². The van der Waals surface area contributed by atoms with Crippen LogP contribution in [-0.4, -0.2) is 54.3 Å². The second-order valence-electron chi connectivity index (χ2n) is 7.56. The molecule has 5 heteroatoms. The number of likely N-dealkylation sites (N-methyl/N-ethyl adjacent to an activating group) is 2. The lowest BCUT2D eigenvalue weighted by atomic mass is 9.88. The lowest BCUT2D eigenvalue weighted by molar-refractivity contribution is -0.127. The summed E-state index contributed by atoms with van der Waals surface area (Å²) < 4.78 is 0. The molecule has 1 N–H and O–H groups in total. The van der Waals surface area contributed by atoms with E-state index < -0.39 is 0 Å². The van der Waals surface area contributed by atoms with Crippen molar-refractivity contribution in [1.82, 2.24) is 15.1 Å². The second kappa shape index (κ2) is 9.18. The van der Waals surface area contributed by atoms with Crippen LogP contribution in [0.5, 0.6) is 0 Å². The van der Waals surface area contributed by atoms with Crippen molar-refractivity contribution in [2.24, 2.45) is 0 Å². The van der Waals surface area contributed by atoms with E-state index in [0.717, 1.165) is 44.5 Å². The predicted molar refractivity (Wildman–Crippen MR) is 107 cm³/mol. The van der Waals surface area contributed by atoms with Gasteiger partial charge < -0.3 is 10.2 Å². The van der Waals surface area contributed by atoms with Gasteiger partial charge in [-0.2, -0.15) is 0 Å². The average molecular weight is 370 g/mol. The van der Waals surface area contributed by atoms with Gasteiger partial charge in [0.2, 0.25) is 5.91 Å². The van der Waals surface area contributed by atoms with Crippen LogP contribution in [0, 0.1) is 0 Å². The Balaban J connectivity index is 1.48. The van der Waals surface area contributed by atoms with Gasteiger partial charge in [0, 0.05) is 32.3 Å². The summed E-state index contributed by atoms with van der Waals surface area (Å²) in [7, 11) is 1.87. The standard InChI is InChI=1S/C22H31N3O2/c1-3-25(16-17-9-5-4-6-10-17)14-13-23-21(26)15-19-18-11-7-8-12-20(18)24(2)22(19)27/h4-6,9-10,20H,3,7-8,11-16H2,1-2H3,(H,23,26). The van der Waals surface area contributed by atoms with Crippen molar-refractivity contribution in [1.29, 1.82) is 0 Å². The van der Waals surface area contributed by atoms with E-state index in [2.05, 4.69) is 29.3 Å². The van der Waals surface area contributed by atoms with Crippen molar-refractivity contribution >= 4 is 11.8 Å². The van der Waals surface area contributed by atoms with E-state index in [1.165, 1.54) is 17.6 Å². The number of hydrogen-bond donors (Lipinski definition) is 1. The smallest absolute Gasteiger partial charge is 0.250 e. The molecule has 3 rings (SSSR count). The lowest BCUT2D eigenvalue weighted by Crippen LogP contribution is -2.35. The summed E-state index contributed by atoms with van der Waals surface area (Å²) in [6.45, 7) is 5.36. The molecule has 1 saturated carbocycles. The SMILES string of the molecule is CCN(CCNC(=O)CC1=C2CCCCC2N(C)C1=O)Cc1ccccc1. The Morgan fingerprint density at radius 2 is 2.04 bits per heavy atom. The minimum absolute atomic E-state index is 0.0405. The van der Waals surface area contributed by atoms with E-state index in [9.17, 15) is 9.59 Å². The van der Waals surface area contributed by atoms with Crippen molar-refractivity contribution in [3.63, 3.8) is 0 Å². The normalized spacial score (nSPS) is 19.6. The monoisotopic (exact) mass is 369 g/mol. The van der Waals surface area contributed by atoms with Gasteiger partial charge in [-0.3, -0.25) is 14.5 Å². The minimum atomic E-state index is -0.0405. The molecule has 0 spiro atoms. The predicted octanol–water partition coefficient (Wildman–Crippen LogP) is 2.73. The van der Waals surface area contributed by atoms with Crippen molar-refractivity contribution in [3.8, 4) is 0 Å². The van der Waals surface area contributed by atoms with Crippen LogP contribution < -0.4 is 5.32 Å². The van der Waals surface area contributed by atoms with Crippen LogP contribution in [0.15, 0.2) is 41.5 Å². The Kier molecular flexibility index (Phi) is 6.67. The van der Waals surface area contributed by atoms with E-state index in [4.69, 9.17) is 0 Å². The fourth-order valence-electron chi connectivity index (χ4n) is 4.22. The molecule has 2 aliphatic rings. The third kappa shape index (κ3) is 4.78. The average Bonchev–Trinajstić information content (AvgIpc) is 2.93. The summed E-state index contributed by atoms with van der Waals surface area (Å²) in [5.41, 5.74) is 3.24. The molecular weight excluding hydrogens is 338 g/mol. The molecule has 1 unspecified atom stereocenters. The van der Waals surface area contributed by atoms with Crippen molar-refractivity contribution in [2.45, 2.75) is 51.6 Å². The summed E-state index contributed by atoms with van der Waals surface area (Å²) in [4.78, 5) is 29.1. The fourth-order valence-corrected chi connectivity index (χ4v) is 4.22. The molecular formula is C22H31N3O2. The molecule has 1 aliphatic carbocycles. The zero-order valence-electron chi connectivity index (χ0n) is 16.5. The number of hydrogen-bond acceptors (Lipinski definition) is 3. The molecule has 27 heavy (non-hydrogen) atoms. The van der Waals surface area contributed by atoms with Gasteiger partial charge in [-0.05, 0) is 36.9 Å². The molecule has 1 aliphatic heterocycles. The summed E-state index contributed by atoms with van der Waals surface area (Å²) in [5, 5.41) is 3.01. The second-order valence-corrected chi connectivity index (χ2v) is 7.56. The Bertz CT molecular complexity index is 699. The lowest BCUT2D eigenvalue weighted by Gasteiger charge is -2.26. The summed E-state index contributed by atoms with van der Waals surface area (Å²) >= 11 is 0. The first-order valence-corrected chi connectivity index (χ1v) is 10.1. The Morgan fingerprint density at radius 1 is 1.26 bits per heavy atom. The van der Waals surface area contributed by atoms with Gasteiger partial charge in [0.05, 0.1) is 12.5 Å². The first-order valence-electron chi connectivity index (χ1n) is 10.1. The van der Waals surface area contributed by atoms with Crippen LogP contribution >= 0.6 is 0 Å². The zero-order chi connectivity index (χ0) is 19.2. The molecule has 0 saturated heterocycles. The minimum Gasteiger partial charge on any atom is -0.355 e. The van der Waals surface area contributed by atoms with Crippen LogP contribution in [0.2, 0.25) is 0 Å². The number of nitrogens with one attached hydrogen (secondary N) is 1. The first-order chi connectivity index (χ1) is 13.1.